The van der Waals surface area contributed by atoms with Crippen molar-refractivity contribution < 1.29 is 22.2 Å². The van der Waals surface area contributed by atoms with Crippen LogP contribution in [0.25, 0.3) is 11.1 Å². The molecule has 1 amide bonds. The molecule has 1 aliphatic heterocycles. The normalized spacial score (nSPS) is 18.6. The van der Waals surface area contributed by atoms with Gasteiger partial charge < -0.3 is 13.8 Å². The molecule has 0 saturated carbocycles. The molecule has 10 heteroatoms. The minimum absolute atomic E-state index is 0.0230. The molecule has 2 atom stereocenters. The zero-order chi connectivity index (χ0) is 21.5. The number of hydrogen-bond acceptors (Lipinski definition) is 7. The lowest BCUT2D eigenvalue weighted by Gasteiger charge is -2.33. The summed E-state index contributed by atoms with van der Waals surface area (Å²) in [4.78, 5) is 19.2. The van der Waals surface area contributed by atoms with Gasteiger partial charge in [0.2, 0.25) is 15.9 Å². The summed E-state index contributed by atoms with van der Waals surface area (Å²) in [7, 11) is -3.93. The molecule has 30 heavy (non-hydrogen) atoms. The summed E-state index contributed by atoms with van der Waals surface area (Å²) in [6.07, 6.45) is 1.65. The van der Waals surface area contributed by atoms with Gasteiger partial charge in [-0.3, -0.25) is 4.79 Å². The molecule has 1 unspecified atom stereocenters. The number of para-hydroxylation sites is 2. The van der Waals surface area contributed by atoms with Crippen LogP contribution in [0.3, 0.4) is 0 Å². The number of carbonyl (C=O) groups excluding carboxylic acids is 1. The van der Waals surface area contributed by atoms with Gasteiger partial charge in [0.25, 0.3) is 0 Å². The summed E-state index contributed by atoms with van der Waals surface area (Å²) in [5.41, 5.74) is 1.77. The minimum Gasteiger partial charge on any atom is -0.440 e. The molecule has 0 bridgehead atoms. The topological polar surface area (TPSA) is 119 Å². The fourth-order valence-electron chi connectivity index (χ4n) is 3.92. The van der Waals surface area contributed by atoms with Gasteiger partial charge in [-0.1, -0.05) is 17.3 Å². The number of oxazole rings is 1. The van der Waals surface area contributed by atoms with E-state index >= 15 is 0 Å². The highest BCUT2D eigenvalue weighted by atomic mass is 32.2. The van der Waals surface area contributed by atoms with Gasteiger partial charge in [0.1, 0.15) is 16.1 Å². The van der Waals surface area contributed by atoms with Crippen molar-refractivity contribution in [1.29, 1.82) is 0 Å². The van der Waals surface area contributed by atoms with Crippen molar-refractivity contribution in [2.45, 2.75) is 50.5 Å². The maximum absolute atomic E-state index is 13.0. The van der Waals surface area contributed by atoms with E-state index in [9.17, 15) is 13.2 Å². The summed E-state index contributed by atoms with van der Waals surface area (Å²) >= 11 is 0. The molecule has 4 rings (SSSR count). The van der Waals surface area contributed by atoms with E-state index in [1.54, 1.807) is 18.7 Å². The molecule has 0 spiro atoms. The third-order valence-electron chi connectivity index (χ3n) is 5.33. The standard InChI is InChI=1S/C20H24N4O5S/c1-12-18(14(3)29-22-12)30(26,27)23-13(2)20(25)24-10-6-7-15(11-24)19-21-16-8-4-5-9-17(16)28-19/h4-5,8-9,13,15,23H,6-7,10-11H2,1-3H3/t13-,15?/m0/s1. The van der Waals surface area contributed by atoms with Crippen molar-refractivity contribution in [3.05, 3.63) is 41.6 Å². The Hall–Kier alpha value is -2.72. The maximum atomic E-state index is 13.0. The van der Waals surface area contributed by atoms with Gasteiger partial charge in [0.15, 0.2) is 17.2 Å². The minimum atomic E-state index is -3.93. The molecular formula is C20H24N4O5S. The summed E-state index contributed by atoms with van der Waals surface area (Å²) in [5, 5.41) is 3.68. The molecule has 1 saturated heterocycles. The number of fused-ring (bicyclic) bond motifs is 1. The van der Waals surface area contributed by atoms with Gasteiger partial charge in [-0.25, -0.2) is 13.4 Å². The Morgan fingerprint density at radius 3 is 2.77 bits per heavy atom. The Morgan fingerprint density at radius 2 is 2.07 bits per heavy atom. The number of sulfonamides is 1. The number of amides is 1. The van der Waals surface area contributed by atoms with Crippen molar-refractivity contribution >= 4 is 27.0 Å². The number of nitrogens with one attached hydrogen (secondary N) is 1. The molecule has 9 nitrogen and oxygen atoms in total. The number of likely N-dealkylation sites (tertiary alicyclic amines) is 1. The van der Waals surface area contributed by atoms with E-state index in [0.29, 0.717) is 19.0 Å². The summed E-state index contributed by atoms with van der Waals surface area (Å²) in [6, 6.07) is 6.62. The van der Waals surface area contributed by atoms with Gasteiger partial charge >= 0.3 is 0 Å². The van der Waals surface area contributed by atoms with Crippen LogP contribution in [-0.4, -0.2) is 48.5 Å². The van der Waals surface area contributed by atoms with Crippen molar-refractivity contribution in [1.82, 2.24) is 19.8 Å². The number of benzene rings is 1. The van der Waals surface area contributed by atoms with E-state index in [-0.39, 0.29) is 28.2 Å². The smallest absolute Gasteiger partial charge is 0.246 e. The average molecular weight is 433 g/mol. The number of hydrogen-bond donors (Lipinski definition) is 1. The second-order valence-electron chi connectivity index (χ2n) is 7.64. The highest BCUT2D eigenvalue weighted by molar-refractivity contribution is 7.89. The third-order valence-corrected chi connectivity index (χ3v) is 7.12. The van der Waals surface area contributed by atoms with E-state index in [1.165, 1.54) is 6.92 Å². The van der Waals surface area contributed by atoms with E-state index in [0.717, 1.165) is 23.9 Å². The van der Waals surface area contributed by atoms with Crippen LogP contribution in [0.4, 0.5) is 0 Å². The van der Waals surface area contributed by atoms with Crippen LogP contribution in [0.15, 0.2) is 38.1 Å². The van der Waals surface area contributed by atoms with Gasteiger partial charge in [-0.05, 0) is 45.7 Å². The lowest BCUT2D eigenvalue weighted by molar-refractivity contribution is -0.133. The van der Waals surface area contributed by atoms with Crippen molar-refractivity contribution in [2.75, 3.05) is 13.1 Å². The highest BCUT2D eigenvalue weighted by Gasteiger charge is 2.33. The molecular weight excluding hydrogens is 408 g/mol. The summed E-state index contributed by atoms with van der Waals surface area (Å²) < 4.78 is 38.7. The van der Waals surface area contributed by atoms with E-state index in [4.69, 9.17) is 8.94 Å². The molecule has 1 aromatic carbocycles. The quantitative estimate of drug-likeness (QED) is 0.658. The van der Waals surface area contributed by atoms with Gasteiger partial charge in [0.05, 0.1) is 12.0 Å². The Balaban J connectivity index is 1.47. The van der Waals surface area contributed by atoms with Gasteiger partial charge in [-0.15, -0.1) is 0 Å². The second kappa shape index (κ2) is 7.84. The van der Waals surface area contributed by atoms with Crippen molar-refractivity contribution in [3.8, 4) is 0 Å². The number of rotatable bonds is 5. The largest absolute Gasteiger partial charge is 0.440 e. The molecule has 1 aliphatic rings. The zero-order valence-corrected chi connectivity index (χ0v) is 17.9. The molecule has 1 N–H and O–H groups in total. The van der Waals surface area contributed by atoms with E-state index in [2.05, 4.69) is 14.9 Å². The summed E-state index contributed by atoms with van der Waals surface area (Å²) in [5.74, 6) is 0.485. The van der Waals surface area contributed by atoms with Crippen LogP contribution < -0.4 is 4.72 Å². The van der Waals surface area contributed by atoms with E-state index < -0.39 is 16.1 Å². The average Bonchev–Trinajstić information content (AvgIpc) is 3.30. The lowest BCUT2D eigenvalue weighted by atomic mass is 9.97. The Morgan fingerprint density at radius 1 is 1.30 bits per heavy atom. The van der Waals surface area contributed by atoms with E-state index in [1.807, 2.05) is 24.3 Å². The first-order valence-corrected chi connectivity index (χ1v) is 11.3. The first-order valence-electron chi connectivity index (χ1n) is 9.85. The van der Waals surface area contributed by atoms with Crippen LogP contribution in [0.5, 0.6) is 0 Å². The predicted molar refractivity (Wildman–Crippen MR) is 108 cm³/mol. The van der Waals surface area contributed by atoms with Crippen LogP contribution >= 0.6 is 0 Å². The number of aromatic nitrogens is 2. The monoisotopic (exact) mass is 432 g/mol. The molecule has 3 aromatic rings. The fourth-order valence-corrected chi connectivity index (χ4v) is 5.44. The van der Waals surface area contributed by atoms with Crippen LogP contribution in [-0.2, 0) is 14.8 Å². The van der Waals surface area contributed by atoms with Crippen LogP contribution in [0.2, 0.25) is 0 Å². The predicted octanol–water partition coefficient (Wildman–Crippen LogP) is 2.51. The Bertz CT molecular complexity index is 1130. The van der Waals surface area contributed by atoms with Gasteiger partial charge in [-0.2, -0.15) is 4.72 Å². The summed E-state index contributed by atoms with van der Waals surface area (Å²) in [6.45, 7) is 5.61. The van der Waals surface area contributed by atoms with Crippen molar-refractivity contribution in [2.24, 2.45) is 0 Å². The number of aryl methyl sites for hydroxylation is 2. The van der Waals surface area contributed by atoms with Crippen LogP contribution in [0, 0.1) is 13.8 Å². The zero-order valence-electron chi connectivity index (χ0n) is 17.1. The number of nitrogens with zero attached hydrogens (tertiary/aromatic N) is 3. The molecule has 2 aromatic heterocycles. The van der Waals surface area contributed by atoms with Gasteiger partial charge in [0, 0.05) is 13.1 Å². The molecule has 1 fully saturated rings. The molecule has 0 aliphatic carbocycles. The third kappa shape index (κ3) is 3.84. The SMILES string of the molecule is Cc1noc(C)c1S(=O)(=O)N[C@@H](C)C(=O)N1CCCC(c2nc3ccccc3o2)C1. The molecule has 160 valence electrons. The molecule has 0 radical (unpaired) electrons. The number of carbonyl (C=O) groups is 1. The first kappa shape index (κ1) is 20.5. The second-order valence-corrected chi connectivity index (χ2v) is 9.29. The van der Waals surface area contributed by atoms with Crippen LogP contribution in [0.1, 0.15) is 43.0 Å². The lowest BCUT2D eigenvalue weighted by Crippen LogP contribution is -2.49. The first-order chi connectivity index (χ1) is 14.3. The Labute approximate surface area is 174 Å². The maximum Gasteiger partial charge on any atom is 0.246 e. The van der Waals surface area contributed by atoms with Crippen molar-refractivity contribution in [3.63, 3.8) is 0 Å². The highest BCUT2D eigenvalue weighted by Crippen LogP contribution is 2.29. The fraction of sp³-hybridized carbons (Fsp3) is 0.450. The Kier molecular flexibility index (Phi) is 5.37. The molecule has 3 heterocycles. The number of piperidine rings is 1.